The number of fused-ring (bicyclic) bond motifs is 3. The van der Waals surface area contributed by atoms with Crippen LogP contribution in [0.15, 0.2) is 12.2 Å². The van der Waals surface area contributed by atoms with Crippen molar-refractivity contribution in [1.29, 1.82) is 0 Å². The molecule has 4 atom stereocenters. The van der Waals surface area contributed by atoms with E-state index in [4.69, 9.17) is 4.74 Å². The van der Waals surface area contributed by atoms with Gasteiger partial charge >= 0.3 is 11.9 Å². The summed E-state index contributed by atoms with van der Waals surface area (Å²) in [5.74, 6) is -3.09. The molecule has 1 amide bonds. The quantitative estimate of drug-likeness (QED) is 0.624. The summed E-state index contributed by atoms with van der Waals surface area (Å²) >= 11 is 1.42. The molecule has 7 heteroatoms. The lowest BCUT2D eigenvalue weighted by Crippen LogP contribution is -2.36. The molecule has 1 fully saturated rings. The molecule has 2 bridgehead atoms. The largest absolute Gasteiger partial charge is 0.481 e. The molecule has 3 aliphatic rings. The molecule has 0 saturated heterocycles. The van der Waals surface area contributed by atoms with Crippen LogP contribution in [-0.4, -0.2) is 30.1 Å². The summed E-state index contributed by atoms with van der Waals surface area (Å²) in [5.41, 5.74) is 1.43. The predicted octanol–water partition coefficient (Wildman–Crippen LogP) is 2.87. The normalized spacial score (nSPS) is 28.7. The number of thiophene rings is 1. The number of nitrogens with one attached hydrogen (secondary N) is 1. The van der Waals surface area contributed by atoms with Crippen LogP contribution in [0.3, 0.4) is 0 Å². The van der Waals surface area contributed by atoms with Crippen molar-refractivity contribution in [3.05, 3.63) is 28.2 Å². The van der Waals surface area contributed by atoms with Gasteiger partial charge in [0.25, 0.3) is 0 Å². The zero-order chi connectivity index (χ0) is 18.4. The number of carboxylic acids is 1. The fourth-order valence-corrected chi connectivity index (χ4v) is 5.96. The molecule has 1 saturated carbocycles. The van der Waals surface area contributed by atoms with E-state index in [1.54, 1.807) is 0 Å². The summed E-state index contributed by atoms with van der Waals surface area (Å²) in [5, 5.41) is 12.9. The molecule has 0 spiro atoms. The van der Waals surface area contributed by atoms with Gasteiger partial charge in [0.2, 0.25) is 5.91 Å². The Hall–Kier alpha value is -2.15. The number of aryl methyl sites for hydroxylation is 1. The van der Waals surface area contributed by atoms with Gasteiger partial charge in [0.05, 0.1) is 24.5 Å². The fraction of sp³-hybridized carbons (Fsp3) is 0.526. The summed E-state index contributed by atoms with van der Waals surface area (Å²) < 4.78 is 4.93. The molecule has 1 aromatic rings. The number of carbonyl (C=O) groups is 3. The minimum absolute atomic E-state index is 0.0442. The number of rotatable bonds is 4. The smallest absolute Gasteiger partial charge is 0.341 e. The molecule has 1 heterocycles. The summed E-state index contributed by atoms with van der Waals surface area (Å²) in [4.78, 5) is 38.0. The van der Waals surface area contributed by atoms with Crippen LogP contribution in [0.25, 0.3) is 0 Å². The highest BCUT2D eigenvalue weighted by Gasteiger charge is 2.51. The van der Waals surface area contributed by atoms with Crippen molar-refractivity contribution < 1.29 is 24.2 Å². The van der Waals surface area contributed by atoms with Gasteiger partial charge in [-0.05, 0) is 49.5 Å². The number of amides is 1. The highest BCUT2D eigenvalue weighted by Crippen LogP contribution is 2.49. The standard InChI is InChI=1S/C19H21NO5S/c1-25-19(24)15-11-4-2-3-5-12(11)26-17(15)20-16(21)13-9-6-7-10(8-9)14(13)18(22)23/h6-7,9-10,13-14H,2-5,8H2,1H3,(H,20,21)(H,22,23)/t9-,10-,13+,14-/m0/s1. The van der Waals surface area contributed by atoms with Gasteiger partial charge in [0.1, 0.15) is 5.00 Å². The predicted molar refractivity (Wildman–Crippen MR) is 96.3 cm³/mol. The Bertz CT molecular complexity index is 811. The maximum Gasteiger partial charge on any atom is 0.341 e. The highest BCUT2D eigenvalue weighted by molar-refractivity contribution is 7.17. The van der Waals surface area contributed by atoms with E-state index in [-0.39, 0.29) is 17.7 Å². The zero-order valence-electron chi connectivity index (χ0n) is 14.5. The number of methoxy groups -OCH3 is 1. The first-order valence-electron chi connectivity index (χ1n) is 8.96. The lowest BCUT2D eigenvalue weighted by molar-refractivity contribution is -0.146. The third kappa shape index (κ3) is 2.65. The molecule has 138 valence electrons. The maximum atomic E-state index is 12.9. The topological polar surface area (TPSA) is 92.7 Å². The molecule has 0 aromatic carbocycles. The van der Waals surface area contributed by atoms with Crippen molar-refractivity contribution in [2.24, 2.45) is 23.7 Å². The number of carbonyl (C=O) groups excluding carboxylic acids is 2. The van der Waals surface area contributed by atoms with Crippen LogP contribution in [-0.2, 0) is 27.2 Å². The second-order valence-electron chi connectivity index (χ2n) is 7.23. The monoisotopic (exact) mass is 375 g/mol. The molecule has 6 nitrogen and oxygen atoms in total. The van der Waals surface area contributed by atoms with Crippen LogP contribution >= 0.6 is 11.3 Å². The van der Waals surface area contributed by atoms with E-state index in [1.807, 2.05) is 12.2 Å². The number of allylic oxidation sites excluding steroid dienone is 2. The van der Waals surface area contributed by atoms with Crippen molar-refractivity contribution in [3.8, 4) is 0 Å². The van der Waals surface area contributed by atoms with E-state index in [0.717, 1.165) is 36.1 Å². The van der Waals surface area contributed by atoms with Crippen LogP contribution in [0.5, 0.6) is 0 Å². The van der Waals surface area contributed by atoms with E-state index < -0.39 is 23.8 Å². The Morgan fingerprint density at radius 2 is 1.85 bits per heavy atom. The minimum atomic E-state index is -0.930. The van der Waals surface area contributed by atoms with Crippen molar-refractivity contribution in [3.63, 3.8) is 0 Å². The molecule has 2 N–H and O–H groups in total. The third-order valence-electron chi connectivity index (χ3n) is 5.84. The van der Waals surface area contributed by atoms with Gasteiger partial charge in [0, 0.05) is 4.88 Å². The molecule has 1 aromatic heterocycles. The summed E-state index contributed by atoms with van der Waals surface area (Å²) in [7, 11) is 1.34. The van der Waals surface area contributed by atoms with Crippen molar-refractivity contribution >= 4 is 34.2 Å². The Kier molecular flexibility index (Phi) is 4.34. The average molecular weight is 375 g/mol. The average Bonchev–Trinajstić information content (AvgIpc) is 3.32. The molecule has 3 aliphatic carbocycles. The van der Waals surface area contributed by atoms with Crippen LogP contribution < -0.4 is 5.32 Å². The van der Waals surface area contributed by atoms with Gasteiger partial charge in [-0.2, -0.15) is 0 Å². The summed E-state index contributed by atoms with van der Waals surface area (Å²) in [6.07, 6.45) is 8.36. The van der Waals surface area contributed by atoms with Gasteiger partial charge < -0.3 is 15.2 Å². The molecule has 4 rings (SSSR count). The van der Waals surface area contributed by atoms with E-state index in [9.17, 15) is 19.5 Å². The SMILES string of the molecule is COC(=O)c1c(NC(=O)[C@H]2[C@@H](C(=O)O)[C@H]3C=C[C@H]2C3)sc2c1CCCC2. The van der Waals surface area contributed by atoms with E-state index >= 15 is 0 Å². The number of esters is 1. The number of hydrogen-bond donors (Lipinski definition) is 2. The molecular weight excluding hydrogens is 354 g/mol. The lowest BCUT2D eigenvalue weighted by Gasteiger charge is -2.23. The van der Waals surface area contributed by atoms with E-state index in [2.05, 4.69) is 5.32 Å². The number of anilines is 1. The Morgan fingerprint density at radius 1 is 1.15 bits per heavy atom. The molecule has 26 heavy (non-hydrogen) atoms. The third-order valence-corrected chi connectivity index (χ3v) is 7.05. The number of hydrogen-bond acceptors (Lipinski definition) is 5. The van der Waals surface area contributed by atoms with E-state index in [0.29, 0.717) is 17.0 Å². The first-order chi connectivity index (χ1) is 12.5. The Morgan fingerprint density at radius 3 is 2.54 bits per heavy atom. The van der Waals surface area contributed by atoms with Crippen LogP contribution in [0.4, 0.5) is 5.00 Å². The molecule has 0 aliphatic heterocycles. The fourth-order valence-electron chi connectivity index (χ4n) is 4.68. The zero-order valence-corrected chi connectivity index (χ0v) is 15.3. The molecule has 0 radical (unpaired) electrons. The van der Waals surface area contributed by atoms with Crippen LogP contribution in [0, 0.1) is 23.7 Å². The van der Waals surface area contributed by atoms with Crippen LogP contribution in [0.2, 0.25) is 0 Å². The van der Waals surface area contributed by atoms with Gasteiger partial charge in [-0.25, -0.2) is 4.79 Å². The second kappa shape index (κ2) is 6.54. The van der Waals surface area contributed by atoms with Crippen LogP contribution in [0.1, 0.15) is 40.1 Å². The first kappa shape index (κ1) is 17.3. The maximum absolute atomic E-state index is 12.9. The van der Waals surface area contributed by atoms with Crippen molar-refractivity contribution in [2.75, 3.05) is 12.4 Å². The van der Waals surface area contributed by atoms with Gasteiger partial charge in [-0.15, -0.1) is 11.3 Å². The summed E-state index contributed by atoms with van der Waals surface area (Å²) in [6, 6.07) is 0. The molecule has 0 unspecified atom stereocenters. The Labute approximate surface area is 155 Å². The van der Waals surface area contributed by atoms with Gasteiger partial charge in [-0.1, -0.05) is 12.2 Å². The number of aliphatic carboxylic acids is 1. The van der Waals surface area contributed by atoms with Gasteiger partial charge in [-0.3, -0.25) is 9.59 Å². The minimum Gasteiger partial charge on any atom is -0.481 e. The van der Waals surface area contributed by atoms with Crippen molar-refractivity contribution in [2.45, 2.75) is 32.1 Å². The van der Waals surface area contributed by atoms with Crippen molar-refractivity contribution in [1.82, 2.24) is 0 Å². The number of ether oxygens (including phenoxy) is 1. The first-order valence-corrected chi connectivity index (χ1v) is 9.77. The van der Waals surface area contributed by atoms with Gasteiger partial charge in [0.15, 0.2) is 0 Å². The summed E-state index contributed by atoms with van der Waals surface area (Å²) in [6.45, 7) is 0. The van der Waals surface area contributed by atoms with E-state index in [1.165, 1.54) is 18.4 Å². The number of carboxylic acid groups (broad SMARTS) is 1. The molecular formula is C19H21NO5S. The lowest BCUT2D eigenvalue weighted by atomic mass is 9.82. The second-order valence-corrected chi connectivity index (χ2v) is 8.34. The Balaban J connectivity index is 1.64. The highest BCUT2D eigenvalue weighted by atomic mass is 32.1.